The topological polar surface area (TPSA) is 55.2 Å². The maximum Gasteiger partial charge on any atom is 0.272 e. The lowest BCUT2D eigenvalue weighted by molar-refractivity contribution is -0.385. The van der Waals surface area contributed by atoms with Crippen molar-refractivity contribution in [3.8, 4) is 0 Å². The molecule has 0 heterocycles. The third-order valence-corrected chi connectivity index (χ3v) is 2.44. The molecule has 0 aromatic heterocycles. The van der Waals surface area contributed by atoms with Crippen molar-refractivity contribution in [3.63, 3.8) is 0 Å². The Morgan fingerprint density at radius 3 is 2.64 bits per heavy atom. The number of nitrogens with one attached hydrogen (secondary N) is 1. The van der Waals surface area contributed by atoms with Crippen molar-refractivity contribution in [2.45, 2.75) is 19.9 Å². The summed E-state index contributed by atoms with van der Waals surface area (Å²) in [5.74, 6) is 0. The highest BCUT2D eigenvalue weighted by Gasteiger charge is 2.15. The standard InChI is InChI=1S/C10H14N2O2/c1-7-9(8(2)11-3)5-4-6-10(7)12(13)14/h4-6,8,11H,1-3H3. The van der Waals surface area contributed by atoms with E-state index in [2.05, 4.69) is 5.32 Å². The Morgan fingerprint density at radius 2 is 2.14 bits per heavy atom. The zero-order valence-electron chi connectivity index (χ0n) is 8.57. The highest BCUT2D eigenvalue weighted by molar-refractivity contribution is 5.45. The van der Waals surface area contributed by atoms with Gasteiger partial charge in [0, 0.05) is 17.7 Å². The molecule has 4 nitrogen and oxygen atoms in total. The fourth-order valence-electron chi connectivity index (χ4n) is 1.46. The maximum atomic E-state index is 10.7. The summed E-state index contributed by atoms with van der Waals surface area (Å²) in [7, 11) is 1.84. The monoisotopic (exact) mass is 194 g/mol. The van der Waals surface area contributed by atoms with Gasteiger partial charge in [0.05, 0.1) is 4.92 Å². The van der Waals surface area contributed by atoms with E-state index >= 15 is 0 Å². The van der Waals surface area contributed by atoms with Gasteiger partial charge in [0.15, 0.2) is 0 Å². The zero-order chi connectivity index (χ0) is 10.7. The van der Waals surface area contributed by atoms with Crippen LogP contribution in [0.5, 0.6) is 0 Å². The first-order valence-corrected chi connectivity index (χ1v) is 4.49. The van der Waals surface area contributed by atoms with Crippen molar-refractivity contribution >= 4 is 5.69 Å². The van der Waals surface area contributed by atoms with E-state index in [4.69, 9.17) is 0 Å². The first kappa shape index (κ1) is 10.7. The molecule has 0 fully saturated rings. The van der Waals surface area contributed by atoms with E-state index < -0.39 is 0 Å². The molecule has 0 aliphatic rings. The second-order valence-electron chi connectivity index (χ2n) is 3.26. The van der Waals surface area contributed by atoms with E-state index in [1.807, 2.05) is 20.0 Å². The van der Waals surface area contributed by atoms with Gasteiger partial charge in [0.2, 0.25) is 0 Å². The minimum atomic E-state index is -0.346. The summed E-state index contributed by atoms with van der Waals surface area (Å²) >= 11 is 0. The molecule has 1 aromatic carbocycles. The number of nitrogens with zero attached hydrogens (tertiary/aromatic N) is 1. The van der Waals surface area contributed by atoms with Gasteiger partial charge in [-0.1, -0.05) is 12.1 Å². The van der Waals surface area contributed by atoms with Gasteiger partial charge in [0.1, 0.15) is 0 Å². The molecule has 1 rings (SSSR count). The van der Waals surface area contributed by atoms with Crippen molar-refractivity contribution in [2.24, 2.45) is 0 Å². The Balaban J connectivity index is 3.20. The van der Waals surface area contributed by atoms with Crippen LogP contribution in [0.2, 0.25) is 0 Å². The van der Waals surface area contributed by atoms with Crippen LogP contribution in [0.1, 0.15) is 24.1 Å². The Morgan fingerprint density at radius 1 is 1.50 bits per heavy atom. The van der Waals surface area contributed by atoms with Crippen LogP contribution in [0.4, 0.5) is 5.69 Å². The molecule has 0 bridgehead atoms. The van der Waals surface area contributed by atoms with Gasteiger partial charge in [-0.25, -0.2) is 0 Å². The predicted octanol–water partition coefficient (Wildman–Crippen LogP) is 2.18. The average Bonchev–Trinajstić information content (AvgIpc) is 2.16. The summed E-state index contributed by atoms with van der Waals surface area (Å²) in [6, 6.07) is 5.29. The minimum absolute atomic E-state index is 0.134. The smallest absolute Gasteiger partial charge is 0.272 e. The van der Waals surface area contributed by atoms with Crippen LogP contribution in [-0.2, 0) is 0 Å². The Kier molecular flexibility index (Phi) is 3.19. The SMILES string of the molecule is CNC(C)c1cccc([N+](=O)[O-])c1C. The highest BCUT2D eigenvalue weighted by Crippen LogP contribution is 2.25. The van der Waals surface area contributed by atoms with Crippen molar-refractivity contribution in [2.75, 3.05) is 7.05 Å². The quantitative estimate of drug-likeness (QED) is 0.592. The van der Waals surface area contributed by atoms with E-state index in [1.165, 1.54) is 6.07 Å². The van der Waals surface area contributed by atoms with Gasteiger partial charge in [-0.05, 0) is 26.5 Å². The molecule has 0 spiro atoms. The van der Waals surface area contributed by atoms with Gasteiger partial charge in [-0.15, -0.1) is 0 Å². The van der Waals surface area contributed by atoms with Gasteiger partial charge in [0.25, 0.3) is 5.69 Å². The normalized spacial score (nSPS) is 12.5. The van der Waals surface area contributed by atoms with Crippen molar-refractivity contribution in [1.82, 2.24) is 5.32 Å². The summed E-state index contributed by atoms with van der Waals surface area (Å²) in [5, 5.41) is 13.7. The first-order valence-electron chi connectivity index (χ1n) is 4.49. The van der Waals surface area contributed by atoms with Gasteiger partial charge >= 0.3 is 0 Å². The molecule has 1 N–H and O–H groups in total. The first-order chi connectivity index (χ1) is 6.57. The van der Waals surface area contributed by atoms with E-state index in [-0.39, 0.29) is 16.7 Å². The molecule has 1 unspecified atom stereocenters. The zero-order valence-corrected chi connectivity index (χ0v) is 8.57. The molecular formula is C10H14N2O2. The number of nitro benzene ring substituents is 1. The maximum absolute atomic E-state index is 10.7. The molecule has 0 radical (unpaired) electrons. The van der Waals surface area contributed by atoms with Gasteiger partial charge < -0.3 is 5.32 Å². The van der Waals surface area contributed by atoms with Crippen LogP contribution < -0.4 is 5.32 Å². The van der Waals surface area contributed by atoms with Crippen LogP contribution in [0, 0.1) is 17.0 Å². The van der Waals surface area contributed by atoms with Crippen LogP contribution >= 0.6 is 0 Å². The second-order valence-corrected chi connectivity index (χ2v) is 3.26. The molecule has 0 saturated heterocycles. The molecule has 0 aliphatic carbocycles. The summed E-state index contributed by atoms with van der Waals surface area (Å²) in [5.41, 5.74) is 1.89. The molecule has 0 saturated carbocycles. The molecule has 1 aromatic rings. The Labute approximate surface area is 83.1 Å². The van der Waals surface area contributed by atoms with E-state index in [1.54, 1.807) is 13.0 Å². The predicted molar refractivity (Wildman–Crippen MR) is 55.3 cm³/mol. The van der Waals surface area contributed by atoms with Crippen molar-refractivity contribution in [3.05, 3.63) is 39.4 Å². The Hall–Kier alpha value is -1.42. The Bertz CT molecular complexity index is 350. The minimum Gasteiger partial charge on any atom is -0.313 e. The third-order valence-electron chi connectivity index (χ3n) is 2.44. The van der Waals surface area contributed by atoms with Gasteiger partial charge in [-0.2, -0.15) is 0 Å². The summed E-state index contributed by atoms with van der Waals surface area (Å²) in [6.45, 7) is 3.76. The van der Waals surface area contributed by atoms with Gasteiger partial charge in [-0.3, -0.25) is 10.1 Å². The van der Waals surface area contributed by atoms with Crippen LogP contribution in [0.3, 0.4) is 0 Å². The molecule has 4 heteroatoms. The van der Waals surface area contributed by atoms with E-state index in [0.717, 1.165) is 11.1 Å². The fraction of sp³-hybridized carbons (Fsp3) is 0.400. The van der Waals surface area contributed by atoms with Crippen LogP contribution in [0.25, 0.3) is 0 Å². The van der Waals surface area contributed by atoms with E-state index in [0.29, 0.717) is 0 Å². The largest absolute Gasteiger partial charge is 0.313 e. The second kappa shape index (κ2) is 4.19. The van der Waals surface area contributed by atoms with Crippen molar-refractivity contribution < 1.29 is 4.92 Å². The van der Waals surface area contributed by atoms with E-state index in [9.17, 15) is 10.1 Å². The van der Waals surface area contributed by atoms with Crippen LogP contribution in [0.15, 0.2) is 18.2 Å². The molecule has 0 amide bonds. The fourth-order valence-corrected chi connectivity index (χ4v) is 1.46. The number of hydrogen-bond acceptors (Lipinski definition) is 3. The summed E-state index contributed by atoms with van der Waals surface area (Å²) in [6.07, 6.45) is 0. The lowest BCUT2D eigenvalue weighted by atomic mass is 10.0. The number of benzene rings is 1. The van der Waals surface area contributed by atoms with Crippen molar-refractivity contribution in [1.29, 1.82) is 0 Å². The average molecular weight is 194 g/mol. The summed E-state index contributed by atoms with van der Waals surface area (Å²) in [4.78, 5) is 10.3. The molecule has 1 atom stereocenters. The molecular weight excluding hydrogens is 180 g/mol. The molecule has 14 heavy (non-hydrogen) atoms. The van der Waals surface area contributed by atoms with Crippen LogP contribution in [-0.4, -0.2) is 12.0 Å². The number of rotatable bonds is 3. The lowest BCUT2D eigenvalue weighted by Gasteiger charge is -2.13. The third kappa shape index (κ3) is 1.90. The molecule has 76 valence electrons. The summed E-state index contributed by atoms with van der Waals surface area (Å²) < 4.78 is 0. The lowest BCUT2D eigenvalue weighted by Crippen LogP contribution is -2.14. The molecule has 0 aliphatic heterocycles. The number of nitro groups is 1. The highest BCUT2D eigenvalue weighted by atomic mass is 16.6. The number of hydrogen-bond donors (Lipinski definition) is 1.